The second-order valence-electron chi connectivity index (χ2n) is 6.19. The zero-order valence-corrected chi connectivity index (χ0v) is 15.2. The van der Waals surface area contributed by atoms with Gasteiger partial charge in [0.25, 0.3) is 5.91 Å². The average molecular weight is 357 g/mol. The Morgan fingerprint density at radius 2 is 1.72 bits per heavy atom. The van der Waals surface area contributed by atoms with Gasteiger partial charge in [-0.3, -0.25) is 9.59 Å². The molecule has 2 amide bonds. The third kappa shape index (κ3) is 3.54. The molecule has 1 aliphatic rings. The average Bonchev–Trinajstić information content (AvgIpc) is 2.64. The molecule has 2 aromatic carbocycles. The number of anilines is 1. The first-order chi connectivity index (χ1) is 12.0. The fourth-order valence-corrected chi connectivity index (χ4v) is 3.20. The van der Waals surface area contributed by atoms with Crippen molar-refractivity contribution in [3.63, 3.8) is 0 Å². The summed E-state index contributed by atoms with van der Waals surface area (Å²) >= 11 is 5.88. The van der Waals surface area contributed by atoms with E-state index < -0.39 is 6.04 Å². The summed E-state index contributed by atoms with van der Waals surface area (Å²) in [5.41, 5.74) is 2.67. The maximum absolute atomic E-state index is 12.8. The van der Waals surface area contributed by atoms with Gasteiger partial charge in [0.05, 0.1) is 0 Å². The highest BCUT2D eigenvalue weighted by molar-refractivity contribution is 6.30. The molecule has 4 nitrogen and oxygen atoms in total. The third-order valence-corrected chi connectivity index (χ3v) is 4.92. The Hall–Kier alpha value is -2.33. The third-order valence-electron chi connectivity index (χ3n) is 4.66. The van der Waals surface area contributed by atoms with Crippen LogP contribution in [0.25, 0.3) is 0 Å². The number of aryl methyl sites for hydroxylation is 1. The Balaban J connectivity index is 1.76. The highest BCUT2D eigenvalue weighted by atomic mass is 35.5. The lowest BCUT2D eigenvalue weighted by atomic mass is 10.1. The van der Waals surface area contributed by atoms with Crippen molar-refractivity contribution >= 4 is 29.1 Å². The predicted molar refractivity (Wildman–Crippen MR) is 100 cm³/mol. The monoisotopic (exact) mass is 356 g/mol. The lowest BCUT2D eigenvalue weighted by Crippen LogP contribution is -2.57. The van der Waals surface area contributed by atoms with Crippen LogP contribution in [0.1, 0.15) is 29.8 Å². The highest BCUT2D eigenvalue weighted by Gasteiger charge is 2.35. The maximum atomic E-state index is 12.8. The zero-order valence-electron chi connectivity index (χ0n) is 14.4. The molecule has 0 saturated carbocycles. The van der Waals surface area contributed by atoms with Gasteiger partial charge in [0.15, 0.2) is 0 Å². The molecule has 1 heterocycles. The molecule has 1 fully saturated rings. The SMILES string of the molecule is CCc1ccc(N2CCN(C(=O)c3ccc(Cl)cc3)C(C)C2=O)cc1. The molecule has 1 unspecified atom stereocenters. The topological polar surface area (TPSA) is 40.6 Å². The van der Waals surface area contributed by atoms with Crippen LogP contribution in [0.3, 0.4) is 0 Å². The van der Waals surface area contributed by atoms with E-state index in [1.54, 1.807) is 41.0 Å². The van der Waals surface area contributed by atoms with E-state index in [4.69, 9.17) is 11.6 Å². The summed E-state index contributed by atoms with van der Waals surface area (Å²) in [6.45, 7) is 4.88. The highest BCUT2D eigenvalue weighted by Crippen LogP contribution is 2.23. The summed E-state index contributed by atoms with van der Waals surface area (Å²) in [6.07, 6.45) is 0.966. The van der Waals surface area contributed by atoms with Gasteiger partial charge in [0.1, 0.15) is 6.04 Å². The minimum absolute atomic E-state index is 0.0576. The molecular weight excluding hydrogens is 336 g/mol. The standard InChI is InChI=1S/C20H21ClN2O2/c1-3-15-4-10-18(11-5-15)23-13-12-22(14(2)19(23)24)20(25)16-6-8-17(21)9-7-16/h4-11,14H,3,12-13H2,1-2H3. The molecule has 0 radical (unpaired) electrons. The van der Waals surface area contributed by atoms with Crippen molar-refractivity contribution in [1.82, 2.24) is 4.90 Å². The molecule has 5 heteroatoms. The molecule has 0 spiro atoms. The summed E-state index contributed by atoms with van der Waals surface area (Å²) in [7, 11) is 0. The van der Waals surface area contributed by atoms with Gasteiger partial charge in [0.2, 0.25) is 5.91 Å². The Morgan fingerprint density at radius 3 is 2.32 bits per heavy atom. The van der Waals surface area contributed by atoms with Crippen molar-refractivity contribution in [3.05, 3.63) is 64.7 Å². The van der Waals surface area contributed by atoms with Gasteiger partial charge in [-0.25, -0.2) is 0 Å². The van der Waals surface area contributed by atoms with Crippen LogP contribution in [0, 0.1) is 0 Å². The Morgan fingerprint density at radius 1 is 1.08 bits per heavy atom. The van der Waals surface area contributed by atoms with Crippen molar-refractivity contribution in [2.45, 2.75) is 26.3 Å². The van der Waals surface area contributed by atoms with Crippen LogP contribution < -0.4 is 4.90 Å². The summed E-state index contributed by atoms with van der Waals surface area (Å²) < 4.78 is 0. The summed E-state index contributed by atoms with van der Waals surface area (Å²) in [5, 5.41) is 0.584. The van der Waals surface area contributed by atoms with E-state index in [1.807, 2.05) is 24.3 Å². The molecular formula is C20H21ClN2O2. The van der Waals surface area contributed by atoms with Crippen molar-refractivity contribution in [2.75, 3.05) is 18.0 Å². The fourth-order valence-electron chi connectivity index (χ4n) is 3.07. The number of rotatable bonds is 3. The van der Waals surface area contributed by atoms with E-state index in [1.165, 1.54) is 5.56 Å². The van der Waals surface area contributed by atoms with Crippen LogP contribution in [0.15, 0.2) is 48.5 Å². The Labute approximate surface area is 153 Å². The van der Waals surface area contributed by atoms with Crippen LogP contribution in [-0.4, -0.2) is 35.8 Å². The van der Waals surface area contributed by atoms with E-state index in [0.717, 1.165) is 12.1 Å². The Kier molecular flexibility index (Phi) is 5.09. The second-order valence-corrected chi connectivity index (χ2v) is 6.63. The molecule has 1 atom stereocenters. The quantitative estimate of drug-likeness (QED) is 0.839. The Bertz CT molecular complexity index is 771. The molecule has 25 heavy (non-hydrogen) atoms. The first kappa shape index (κ1) is 17.5. The summed E-state index contributed by atoms with van der Waals surface area (Å²) in [4.78, 5) is 28.9. The van der Waals surface area contributed by atoms with Gasteiger partial charge in [-0.05, 0) is 55.3 Å². The molecule has 2 aromatic rings. The predicted octanol–water partition coefficient (Wildman–Crippen LogP) is 3.78. The first-order valence-electron chi connectivity index (χ1n) is 8.48. The molecule has 0 aromatic heterocycles. The minimum Gasteiger partial charge on any atom is -0.325 e. The molecule has 0 bridgehead atoms. The van der Waals surface area contributed by atoms with Gasteiger partial charge in [0, 0.05) is 29.4 Å². The van der Waals surface area contributed by atoms with Crippen molar-refractivity contribution in [1.29, 1.82) is 0 Å². The van der Waals surface area contributed by atoms with Crippen LogP contribution in [-0.2, 0) is 11.2 Å². The van der Waals surface area contributed by atoms with E-state index in [9.17, 15) is 9.59 Å². The van der Waals surface area contributed by atoms with E-state index >= 15 is 0 Å². The number of hydrogen-bond donors (Lipinski definition) is 0. The van der Waals surface area contributed by atoms with E-state index in [-0.39, 0.29) is 11.8 Å². The van der Waals surface area contributed by atoms with Crippen LogP contribution in [0.5, 0.6) is 0 Å². The van der Waals surface area contributed by atoms with Crippen molar-refractivity contribution in [3.8, 4) is 0 Å². The van der Waals surface area contributed by atoms with E-state index in [2.05, 4.69) is 6.92 Å². The lowest BCUT2D eigenvalue weighted by Gasteiger charge is -2.39. The van der Waals surface area contributed by atoms with Crippen molar-refractivity contribution < 1.29 is 9.59 Å². The molecule has 0 aliphatic carbocycles. The molecule has 0 N–H and O–H groups in total. The number of carbonyl (C=O) groups is 2. The van der Waals surface area contributed by atoms with Crippen LogP contribution in [0.2, 0.25) is 5.02 Å². The largest absolute Gasteiger partial charge is 0.325 e. The van der Waals surface area contributed by atoms with Crippen LogP contribution in [0.4, 0.5) is 5.69 Å². The van der Waals surface area contributed by atoms with Crippen molar-refractivity contribution in [2.24, 2.45) is 0 Å². The summed E-state index contributed by atoms with van der Waals surface area (Å²) in [6, 6.07) is 14.3. The second kappa shape index (κ2) is 7.28. The first-order valence-corrected chi connectivity index (χ1v) is 8.86. The number of nitrogens with zero attached hydrogens (tertiary/aromatic N) is 2. The maximum Gasteiger partial charge on any atom is 0.254 e. The number of benzene rings is 2. The zero-order chi connectivity index (χ0) is 18.0. The fraction of sp³-hybridized carbons (Fsp3) is 0.300. The normalized spacial score (nSPS) is 17.7. The molecule has 3 rings (SSSR count). The van der Waals surface area contributed by atoms with Gasteiger partial charge in [-0.2, -0.15) is 0 Å². The molecule has 1 saturated heterocycles. The number of amides is 2. The number of carbonyl (C=O) groups excluding carboxylic acids is 2. The van der Waals surface area contributed by atoms with Crippen LogP contribution >= 0.6 is 11.6 Å². The van der Waals surface area contributed by atoms with Gasteiger partial charge >= 0.3 is 0 Å². The number of halogens is 1. The summed E-state index contributed by atoms with van der Waals surface area (Å²) in [5.74, 6) is -0.198. The molecule has 130 valence electrons. The van der Waals surface area contributed by atoms with Gasteiger partial charge in [-0.15, -0.1) is 0 Å². The number of hydrogen-bond acceptors (Lipinski definition) is 2. The number of piperazine rings is 1. The van der Waals surface area contributed by atoms with Gasteiger partial charge < -0.3 is 9.80 Å². The minimum atomic E-state index is -0.497. The lowest BCUT2D eigenvalue weighted by molar-refractivity contribution is -0.124. The smallest absolute Gasteiger partial charge is 0.254 e. The molecule has 1 aliphatic heterocycles. The van der Waals surface area contributed by atoms with E-state index in [0.29, 0.717) is 23.7 Å². The van der Waals surface area contributed by atoms with Gasteiger partial charge in [-0.1, -0.05) is 30.7 Å².